The summed E-state index contributed by atoms with van der Waals surface area (Å²) in [5.41, 5.74) is 4.04. The third kappa shape index (κ3) is 4.07. The molecule has 4 aromatic rings. The molecular formula is C26H25F4N7O. The van der Waals surface area contributed by atoms with Crippen LogP contribution in [0.15, 0.2) is 30.7 Å². The van der Waals surface area contributed by atoms with E-state index in [9.17, 15) is 13.2 Å². The average Bonchev–Trinajstić information content (AvgIpc) is 3.58. The number of imidazole rings is 1. The summed E-state index contributed by atoms with van der Waals surface area (Å²) in [6, 6.07) is 4.42. The average molecular weight is 528 g/mol. The van der Waals surface area contributed by atoms with Crippen molar-refractivity contribution in [1.82, 2.24) is 29.3 Å². The van der Waals surface area contributed by atoms with Crippen LogP contribution in [0, 0.1) is 5.82 Å². The maximum atomic E-state index is 15.4. The van der Waals surface area contributed by atoms with Gasteiger partial charge in [-0.25, -0.2) is 19.3 Å². The third-order valence-corrected chi connectivity index (χ3v) is 7.19. The number of rotatable bonds is 5. The lowest BCUT2D eigenvalue weighted by Gasteiger charge is -2.30. The molecule has 38 heavy (non-hydrogen) atoms. The lowest BCUT2D eigenvalue weighted by molar-refractivity contribution is -0.140. The highest BCUT2D eigenvalue weighted by Crippen LogP contribution is 2.47. The van der Waals surface area contributed by atoms with Gasteiger partial charge in [0.1, 0.15) is 23.7 Å². The number of aromatic nitrogens is 6. The number of halogens is 4. The van der Waals surface area contributed by atoms with Gasteiger partial charge in [-0.1, -0.05) is 0 Å². The molecule has 1 aliphatic heterocycles. The van der Waals surface area contributed by atoms with E-state index in [4.69, 9.17) is 9.84 Å². The number of hydrogen-bond donors (Lipinski definition) is 0. The maximum absolute atomic E-state index is 15.4. The van der Waals surface area contributed by atoms with Crippen molar-refractivity contribution in [2.45, 2.75) is 37.9 Å². The number of anilines is 1. The number of fused-ring (bicyclic) bond motifs is 1. The normalized spacial score (nSPS) is 15.6. The molecule has 1 saturated carbocycles. The highest BCUT2D eigenvalue weighted by atomic mass is 19.4. The van der Waals surface area contributed by atoms with Gasteiger partial charge in [-0.05, 0) is 31.0 Å². The van der Waals surface area contributed by atoms with Gasteiger partial charge >= 0.3 is 6.18 Å². The smallest absolute Gasteiger partial charge is 0.434 e. The molecule has 12 heteroatoms. The number of nitrogens with zero attached hydrogens (tertiary/aromatic N) is 7. The molecule has 0 bridgehead atoms. The van der Waals surface area contributed by atoms with Gasteiger partial charge in [-0.3, -0.25) is 4.68 Å². The van der Waals surface area contributed by atoms with E-state index in [2.05, 4.69) is 15.0 Å². The quantitative estimate of drug-likeness (QED) is 0.345. The monoisotopic (exact) mass is 527 g/mol. The molecule has 0 amide bonds. The van der Waals surface area contributed by atoms with E-state index in [0.717, 1.165) is 47.2 Å². The second kappa shape index (κ2) is 8.81. The molecular weight excluding hydrogens is 502 g/mol. The van der Waals surface area contributed by atoms with Crippen molar-refractivity contribution in [2.24, 2.45) is 14.1 Å². The van der Waals surface area contributed by atoms with Crippen LogP contribution in [0.2, 0.25) is 0 Å². The summed E-state index contributed by atoms with van der Waals surface area (Å²) in [5.74, 6) is 0.311. The number of methoxy groups -OCH3 is 1. The molecule has 0 saturated heterocycles. The van der Waals surface area contributed by atoms with Gasteiger partial charge in [-0.15, -0.1) is 0 Å². The Balaban J connectivity index is 1.35. The first-order chi connectivity index (χ1) is 18.2. The van der Waals surface area contributed by atoms with E-state index < -0.39 is 17.7 Å². The van der Waals surface area contributed by atoms with Crippen LogP contribution < -0.4 is 9.64 Å². The number of aryl methyl sites for hydroxylation is 2. The Morgan fingerprint density at radius 3 is 2.55 bits per heavy atom. The highest BCUT2D eigenvalue weighted by Gasteiger charge is 2.36. The minimum absolute atomic E-state index is 0.0435. The number of benzene rings is 1. The first-order valence-electron chi connectivity index (χ1n) is 12.2. The van der Waals surface area contributed by atoms with Gasteiger partial charge in [0.25, 0.3) is 0 Å². The topological polar surface area (TPSA) is 73.9 Å². The Labute approximate surface area is 215 Å². The largest absolute Gasteiger partial charge is 0.480 e. The van der Waals surface area contributed by atoms with E-state index in [1.165, 1.54) is 24.0 Å². The molecule has 0 spiro atoms. The van der Waals surface area contributed by atoms with Gasteiger partial charge in [-0.2, -0.15) is 18.3 Å². The van der Waals surface area contributed by atoms with Crippen LogP contribution in [0.1, 0.15) is 41.4 Å². The summed E-state index contributed by atoms with van der Waals surface area (Å²) in [4.78, 5) is 14.5. The van der Waals surface area contributed by atoms with E-state index in [0.29, 0.717) is 37.0 Å². The predicted molar refractivity (Wildman–Crippen MR) is 131 cm³/mol. The van der Waals surface area contributed by atoms with Gasteiger partial charge in [0.05, 0.1) is 24.1 Å². The minimum Gasteiger partial charge on any atom is -0.480 e. The van der Waals surface area contributed by atoms with Crippen LogP contribution in [0.3, 0.4) is 0 Å². The highest BCUT2D eigenvalue weighted by molar-refractivity contribution is 5.73. The summed E-state index contributed by atoms with van der Waals surface area (Å²) in [6.45, 7) is 0.957. The zero-order valence-electron chi connectivity index (χ0n) is 21.1. The Morgan fingerprint density at radius 2 is 1.89 bits per heavy atom. The first kappa shape index (κ1) is 24.4. The first-order valence-corrected chi connectivity index (χ1v) is 12.2. The lowest BCUT2D eigenvalue weighted by Crippen LogP contribution is -2.31. The van der Waals surface area contributed by atoms with E-state index in [1.54, 1.807) is 19.2 Å². The van der Waals surface area contributed by atoms with Gasteiger partial charge < -0.3 is 14.2 Å². The fraction of sp³-hybridized carbons (Fsp3) is 0.385. The van der Waals surface area contributed by atoms with Gasteiger partial charge in [0.2, 0.25) is 5.88 Å². The number of alkyl halides is 3. The molecule has 0 N–H and O–H groups in total. The zero-order valence-corrected chi connectivity index (χ0v) is 21.1. The zero-order chi connectivity index (χ0) is 26.8. The molecule has 2 aliphatic rings. The van der Waals surface area contributed by atoms with Crippen molar-refractivity contribution in [3.63, 3.8) is 0 Å². The van der Waals surface area contributed by atoms with E-state index >= 15 is 4.39 Å². The standard InChI is InChI=1S/C26H25F4N7O/c1-35-12-20(26(28,29)30)33-24(35)15-6-7-19(17(27)10-15)37-9-8-18-16(11-37)23(34-36(18)2)21-22(14-4-5-14)31-13-32-25(21)38-3/h6-7,10,12-14H,4-5,8-9,11H2,1-3H3. The third-order valence-electron chi connectivity index (χ3n) is 7.19. The van der Waals surface area contributed by atoms with Crippen LogP contribution in [-0.2, 0) is 33.2 Å². The van der Waals surface area contributed by atoms with Crippen LogP contribution in [0.25, 0.3) is 22.6 Å². The fourth-order valence-corrected chi connectivity index (χ4v) is 5.20. The van der Waals surface area contributed by atoms with E-state index in [-0.39, 0.29) is 11.4 Å². The summed E-state index contributed by atoms with van der Waals surface area (Å²) in [5, 5.41) is 4.81. The van der Waals surface area contributed by atoms with Crippen molar-refractivity contribution in [1.29, 1.82) is 0 Å². The van der Waals surface area contributed by atoms with Crippen LogP contribution in [-0.4, -0.2) is 43.0 Å². The molecule has 0 unspecified atom stereocenters. The molecule has 6 rings (SSSR count). The Hall–Kier alpha value is -3.96. The summed E-state index contributed by atoms with van der Waals surface area (Å²) < 4.78 is 63.4. The molecule has 1 aliphatic carbocycles. The van der Waals surface area contributed by atoms with Crippen LogP contribution >= 0.6 is 0 Å². The molecule has 1 fully saturated rings. The minimum atomic E-state index is -4.58. The van der Waals surface area contributed by atoms with E-state index in [1.807, 2.05) is 16.6 Å². The predicted octanol–water partition coefficient (Wildman–Crippen LogP) is 4.88. The molecule has 8 nitrogen and oxygen atoms in total. The molecule has 0 radical (unpaired) electrons. The Morgan fingerprint density at radius 1 is 1.11 bits per heavy atom. The maximum Gasteiger partial charge on any atom is 0.434 e. The SMILES string of the molecule is COc1ncnc(C2CC2)c1-c1nn(C)c2c1CN(c1ccc(-c3nc(C(F)(F)F)cn3C)cc1F)CC2. The lowest BCUT2D eigenvalue weighted by atomic mass is 9.98. The summed E-state index contributed by atoms with van der Waals surface area (Å²) in [7, 11) is 4.92. The molecule has 0 atom stereocenters. The Bertz CT molecular complexity index is 1540. The van der Waals surface area contributed by atoms with Crippen molar-refractivity contribution in [2.75, 3.05) is 18.6 Å². The van der Waals surface area contributed by atoms with Gasteiger partial charge in [0.15, 0.2) is 5.69 Å². The number of hydrogen-bond acceptors (Lipinski definition) is 6. The van der Waals surface area contributed by atoms with Crippen LogP contribution in [0.4, 0.5) is 23.2 Å². The fourth-order valence-electron chi connectivity index (χ4n) is 5.20. The number of ether oxygens (including phenoxy) is 1. The van der Waals surface area contributed by atoms with Crippen molar-refractivity contribution < 1.29 is 22.3 Å². The van der Waals surface area contributed by atoms with Crippen molar-refractivity contribution in [3.8, 4) is 28.5 Å². The summed E-state index contributed by atoms with van der Waals surface area (Å²) in [6.07, 6.45) is 0.567. The second-order valence-corrected chi connectivity index (χ2v) is 9.71. The van der Waals surface area contributed by atoms with Crippen molar-refractivity contribution >= 4 is 5.69 Å². The molecule has 3 aromatic heterocycles. The molecule has 1 aromatic carbocycles. The van der Waals surface area contributed by atoms with Gasteiger partial charge in [0, 0.05) is 62.5 Å². The van der Waals surface area contributed by atoms with Crippen molar-refractivity contribution in [3.05, 3.63) is 59.2 Å². The second-order valence-electron chi connectivity index (χ2n) is 9.71. The summed E-state index contributed by atoms with van der Waals surface area (Å²) >= 11 is 0. The van der Waals surface area contributed by atoms with Crippen LogP contribution in [0.5, 0.6) is 5.88 Å². The molecule has 4 heterocycles. The molecule has 198 valence electrons. The Kier molecular flexibility index (Phi) is 5.65.